The highest BCUT2D eigenvalue weighted by molar-refractivity contribution is 6.32. The number of aryl methyl sites for hydroxylation is 1. The standard InChI is InChI=1S/C17H17Cl2N3O2/c1-10-6-7-11(8-14(10)19)21-16(23)9-15(22-17(20)24)12-4-2-3-5-13(12)18/h2-8,15H,9H2,1H3,(H,21,23)(H3,20,22,24). The highest BCUT2D eigenvalue weighted by atomic mass is 35.5. The number of nitrogens with two attached hydrogens (primary N) is 1. The van der Waals surface area contributed by atoms with Gasteiger partial charge < -0.3 is 16.4 Å². The molecule has 126 valence electrons. The van der Waals surface area contributed by atoms with Crippen molar-refractivity contribution in [2.75, 3.05) is 5.32 Å². The lowest BCUT2D eigenvalue weighted by Gasteiger charge is -2.19. The quantitative estimate of drug-likeness (QED) is 0.746. The largest absolute Gasteiger partial charge is 0.352 e. The highest BCUT2D eigenvalue weighted by Crippen LogP contribution is 2.26. The number of urea groups is 1. The second-order valence-electron chi connectivity index (χ2n) is 5.30. The zero-order valence-corrected chi connectivity index (χ0v) is 14.5. The summed E-state index contributed by atoms with van der Waals surface area (Å²) >= 11 is 12.2. The van der Waals surface area contributed by atoms with Crippen LogP contribution in [0.5, 0.6) is 0 Å². The monoisotopic (exact) mass is 365 g/mol. The van der Waals surface area contributed by atoms with Gasteiger partial charge in [0.25, 0.3) is 0 Å². The minimum Gasteiger partial charge on any atom is -0.352 e. The minimum atomic E-state index is -0.730. The van der Waals surface area contributed by atoms with Crippen LogP contribution in [0.2, 0.25) is 10.0 Å². The number of primary amides is 1. The van der Waals surface area contributed by atoms with Crippen molar-refractivity contribution in [2.24, 2.45) is 5.73 Å². The molecule has 0 aliphatic carbocycles. The van der Waals surface area contributed by atoms with Crippen LogP contribution in [0.4, 0.5) is 10.5 Å². The summed E-state index contributed by atoms with van der Waals surface area (Å²) in [4.78, 5) is 23.5. The van der Waals surface area contributed by atoms with Gasteiger partial charge in [0.2, 0.25) is 5.91 Å². The fourth-order valence-electron chi connectivity index (χ4n) is 2.24. The molecule has 0 radical (unpaired) electrons. The van der Waals surface area contributed by atoms with E-state index in [0.29, 0.717) is 21.3 Å². The van der Waals surface area contributed by atoms with Crippen molar-refractivity contribution in [3.63, 3.8) is 0 Å². The van der Waals surface area contributed by atoms with Gasteiger partial charge in [0.15, 0.2) is 0 Å². The first-order valence-corrected chi connectivity index (χ1v) is 7.99. The topological polar surface area (TPSA) is 84.2 Å². The molecule has 0 saturated carbocycles. The molecule has 0 spiro atoms. The summed E-state index contributed by atoms with van der Waals surface area (Å²) in [5, 5.41) is 6.29. The molecule has 0 saturated heterocycles. The molecule has 0 aliphatic heterocycles. The lowest BCUT2D eigenvalue weighted by molar-refractivity contribution is -0.116. The van der Waals surface area contributed by atoms with Crippen LogP contribution >= 0.6 is 23.2 Å². The lowest BCUT2D eigenvalue weighted by Crippen LogP contribution is -2.35. The van der Waals surface area contributed by atoms with E-state index in [2.05, 4.69) is 10.6 Å². The van der Waals surface area contributed by atoms with Crippen molar-refractivity contribution >= 4 is 40.8 Å². The lowest BCUT2D eigenvalue weighted by atomic mass is 10.0. The minimum absolute atomic E-state index is 0.0157. The Balaban J connectivity index is 2.14. The molecule has 0 aliphatic rings. The molecular formula is C17H17Cl2N3O2. The van der Waals surface area contributed by atoms with Crippen molar-refractivity contribution in [2.45, 2.75) is 19.4 Å². The predicted octanol–water partition coefficient (Wildman–Crippen LogP) is 4.04. The molecule has 5 nitrogen and oxygen atoms in total. The molecule has 24 heavy (non-hydrogen) atoms. The van der Waals surface area contributed by atoms with Gasteiger partial charge in [0.1, 0.15) is 0 Å². The number of carbonyl (C=O) groups is 2. The predicted molar refractivity (Wildman–Crippen MR) is 96.3 cm³/mol. The third-order valence-electron chi connectivity index (χ3n) is 3.44. The van der Waals surface area contributed by atoms with Gasteiger partial charge in [-0.3, -0.25) is 4.79 Å². The van der Waals surface area contributed by atoms with E-state index in [1.54, 1.807) is 36.4 Å². The van der Waals surface area contributed by atoms with Gasteiger partial charge in [0.05, 0.1) is 12.5 Å². The van der Waals surface area contributed by atoms with E-state index >= 15 is 0 Å². The summed E-state index contributed by atoms with van der Waals surface area (Å²) in [5.74, 6) is -0.298. The SMILES string of the molecule is Cc1ccc(NC(=O)CC(NC(N)=O)c2ccccc2Cl)cc1Cl. The number of hydrogen-bond acceptors (Lipinski definition) is 2. The van der Waals surface area contributed by atoms with Gasteiger partial charge in [-0.05, 0) is 36.2 Å². The molecule has 1 atom stereocenters. The first-order valence-electron chi connectivity index (χ1n) is 7.23. The summed E-state index contributed by atoms with van der Waals surface area (Å²) in [6.45, 7) is 1.87. The van der Waals surface area contributed by atoms with Crippen LogP contribution in [-0.2, 0) is 4.79 Å². The Bertz CT molecular complexity index is 765. The summed E-state index contributed by atoms with van der Waals surface area (Å²) < 4.78 is 0. The average molecular weight is 366 g/mol. The van der Waals surface area contributed by atoms with Crippen molar-refractivity contribution in [1.82, 2.24) is 5.32 Å². The molecule has 3 amide bonds. The van der Waals surface area contributed by atoms with Crippen LogP contribution in [0.15, 0.2) is 42.5 Å². The molecule has 2 aromatic rings. The Hall–Kier alpha value is -2.24. The zero-order valence-electron chi connectivity index (χ0n) is 13.0. The van der Waals surface area contributed by atoms with Crippen molar-refractivity contribution in [3.05, 3.63) is 63.6 Å². The first kappa shape index (κ1) is 18.1. The smallest absolute Gasteiger partial charge is 0.312 e. The number of halogens is 2. The number of carbonyl (C=O) groups excluding carboxylic acids is 2. The van der Waals surface area contributed by atoms with E-state index in [1.807, 2.05) is 13.0 Å². The van der Waals surface area contributed by atoms with Crippen LogP contribution < -0.4 is 16.4 Å². The maximum absolute atomic E-state index is 12.3. The number of rotatable bonds is 5. The summed E-state index contributed by atoms with van der Waals surface area (Å²) in [6.07, 6.45) is -0.0157. The molecule has 0 aromatic heterocycles. The Labute approximate surface area is 150 Å². The zero-order chi connectivity index (χ0) is 17.7. The molecule has 0 heterocycles. The Morgan fingerprint density at radius 2 is 1.83 bits per heavy atom. The van der Waals surface area contributed by atoms with E-state index in [-0.39, 0.29) is 12.3 Å². The van der Waals surface area contributed by atoms with E-state index in [9.17, 15) is 9.59 Å². The molecule has 2 rings (SSSR count). The number of nitrogens with one attached hydrogen (secondary N) is 2. The molecule has 0 bridgehead atoms. The number of benzene rings is 2. The van der Waals surface area contributed by atoms with E-state index < -0.39 is 12.1 Å². The first-order chi connectivity index (χ1) is 11.4. The van der Waals surface area contributed by atoms with Crippen LogP contribution in [0, 0.1) is 6.92 Å². The van der Waals surface area contributed by atoms with E-state index in [4.69, 9.17) is 28.9 Å². The third kappa shape index (κ3) is 4.88. The van der Waals surface area contributed by atoms with Crippen LogP contribution in [0.25, 0.3) is 0 Å². The van der Waals surface area contributed by atoms with Crippen LogP contribution in [0.3, 0.4) is 0 Å². The third-order valence-corrected chi connectivity index (χ3v) is 4.19. The van der Waals surface area contributed by atoms with Crippen LogP contribution in [0.1, 0.15) is 23.6 Å². The van der Waals surface area contributed by atoms with Gasteiger partial charge >= 0.3 is 6.03 Å². The van der Waals surface area contributed by atoms with Gasteiger partial charge in [-0.15, -0.1) is 0 Å². The van der Waals surface area contributed by atoms with Crippen molar-refractivity contribution < 1.29 is 9.59 Å². The fourth-order valence-corrected chi connectivity index (χ4v) is 2.68. The molecule has 1 unspecified atom stereocenters. The highest BCUT2D eigenvalue weighted by Gasteiger charge is 2.20. The summed E-state index contributed by atoms with van der Waals surface area (Å²) in [5.41, 5.74) is 7.32. The Morgan fingerprint density at radius 1 is 1.12 bits per heavy atom. The summed E-state index contributed by atoms with van der Waals surface area (Å²) in [7, 11) is 0. The molecular weight excluding hydrogens is 349 g/mol. The maximum atomic E-state index is 12.3. The van der Waals surface area contributed by atoms with Crippen LogP contribution in [-0.4, -0.2) is 11.9 Å². The number of amides is 3. The van der Waals surface area contributed by atoms with Crippen molar-refractivity contribution in [1.29, 1.82) is 0 Å². The molecule has 0 fully saturated rings. The van der Waals surface area contributed by atoms with Crippen molar-refractivity contribution in [3.8, 4) is 0 Å². The van der Waals surface area contributed by atoms with E-state index in [1.165, 1.54) is 0 Å². The Kier molecular flexibility index (Phi) is 6.06. The molecule has 4 N–H and O–H groups in total. The number of anilines is 1. The Morgan fingerprint density at radius 3 is 2.46 bits per heavy atom. The molecule has 2 aromatic carbocycles. The fraction of sp³-hybridized carbons (Fsp3) is 0.176. The maximum Gasteiger partial charge on any atom is 0.312 e. The van der Waals surface area contributed by atoms with Gasteiger partial charge in [-0.2, -0.15) is 0 Å². The van der Waals surface area contributed by atoms with Gasteiger partial charge in [0, 0.05) is 15.7 Å². The second-order valence-corrected chi connectivity index (χ2v) is 6.11. The van der Waals surface area contributed by atoms with Gasteiger partial charge in [-0.1, -0.05) is 47.5 Å². The molecule has 7 heteroatoms. The number of hydrogen-bond donors (Lipinski definition) is 3. The average Bonchev–Trinajstić information content (AvgIpc) is 2.50. The normalized spacial score (nSPS) is 11.6. The van der Waals surface area contributed by atoms with Gasteiger partial charge in [-0.25, -0.2) is 4.79 Å². The second kappa shape index (κ2) is 8.04. The summed E-state index contributed by atoms with van der Waals surface area (Å²) in [6, 6.07) is 10.8. The van der Waals surface area contributed by atoms with E-state index in [0.717, 1.165) is 5.56 Å².